The lowest BCUT2D eigenvalue weighted by Crippen LogP contribution is -2.60. The van der Waals surface area contributed by atoms with E-state index >= 15 is 0 Å². The number of hydrazine groups is 1. The maximum Gasteiger partial charge on any atom is 0.258 e. The monoisotopic (exact) mass is 427 g/mol. The summed E-state index contributed by atoms with van der Waals surface area (Å²) in [6, 6.07) is 16.6. The molecule has 30 heavy (non-hydrogen) atoms. The molecule has 1 aliphatic rings. The maximum atomic E-state index is 13.5. The highest BCUT2D eigenvalue weighted by Crippen LogP contribution is 2.41. The second kappa shape index (κ2) is 8.78. The van der Waals surface area contributed by atoms with Crippen LogP contribution in [0.3, 0.4) is 0 Å². The third kappa shape index (κ3) is 4.68. The molecule has 0 bridgehead atoms. The van der Waals surface area contributed by atoms with Crippen molar-refractivity contribution in [2.24, 2.45) is 5.73 Å². The number of halogens is 1. The molecule has 1 unspecified atom stereocenters. The molecule has 0 aromatic heterocycles. The van der Waals surface area contributed by atoms with Gasteiger partial charge in [0.25, 0.3) is 5.91 Å². The summed E-state index contributed by atoms with van der Waals surface area (Å²) in [6.45, 7) is 7.26. The van der Waals surface area contributed by atoms with E-state index in [-0.39, 0.29) is 23.8 Å². The molecule has 3 rings (SSSR count). The molecule has 5 nitrogen and oxygen atoms in total. The maximum absolute atomic E-state index is 13.5. The molecule has 160 valence electrons. The lowest BCUT2D eigenvalue weighted by molar-refractivity contribution is -0.181. The van der Waals surface area contributed by atoms with Crippen molar-refractivity contribution >= 4 is 23.4 Å². The predicted octanol–water partition coefficient (Wildman–Crippen LogP) is 4.68. The molecule has 0 radical (unpaired) electrons. The van der Waals surface area contributed by atoms with Gasteiger partial charge < -0.3 is 5.73 Å². The van der Waals surface area contributed by atoms with Crippen LogP contribution in [0.5, 0.6) is 0 Å². The van der Waals surface area contributed by atoms with E-state index in [1.165, 1.54) is 6.92 Å². The van der Waals surface area contributed by atoms with Crippen LogP contribution in [0.4, 0.5) is 0 Å². The predicted molar refractivity (Wildman–Crippen MR) is 120 cm³/mol. The van der Waals surface area contributed by atoms with Gasteiger partial charge in [-0.15, -0.1) is 0 Å². The van der Waals surface area contributed by atoms with Gasteiger partial charge in [-0.25, -0.2) is 10.0 Å². The van der Waals surface area contributed by atoms with Crippen LogP contribution < -0.4 is 5.73 Å². The fraction of sp³-hybridized carbons (Fsp3) is 0.417. The highest BCUT2D eigenvalue weighted by molar-refractivity contribution is 6.30. The van der Waals surface area contributed by atoms with E-state index in [4.69, 9.17) is 17.3 Å². The molecule has 0 aliphatic carbocycles. The van der Waals surface area contributed by atoms with Gasteiger partial charge >= 0.3 is 0 Å². The minimum Gasteiger partial charge on any atom is -0.320 e. The molecule has 2 N–H and O–H groups in total. The van der Waals surface area contributed by atoms with E-state index in [1.807, 2.05) is 63.2 Å². The van der Waals surface area contributed by atoms with Crippen LogP contribution in [-0.4, -0.2) is 33.4 Å². The van der Waals surface area contributed by atoms with Crippen LogP contribution in [-0.2, 0) is 9.59 Å². The lowest BCUT2D eigenvalue weighted by Gasteiger charge is -2.46. The van der Waals surface area contributed by atoms with E-state index in [2.05, 4.69) is 12.1 Å². The Balaban J connectivity index is 2.15. The fourth-order valence-electron chi connectivity index (χ4n) is 4.34. The Morgan fingerprint density at radius 2 is 1.63 bits per heavy atom. The molecule has 1 saturated heterocycles. The van der Waals surface area contributed by atoms with Gasteiger partial charge in [0, 0.05) is 11.9 Å². The van der Waals surface area contributed by atoms with Gasteiger partial charge in [0.15, 0.2) is 0 Å². The Hall–Kier alpha value is -2.37. The van der Waals surface area contributed by atoms with Crippen LogP contribution in [0, 0.1) is 0 Å². The minimum atomic E-state index is -0.697. The summed E-state index contributed by atoms with van der Waals surface area (Å²) in [7, 11) is 0. The number of carbonyl (C=O) groups excluding carboxylic acids is 2. The second-order valence-corrected chi connectivity index (χ2v) is 9.37. The van der Waals surface area contributed by atoms with Crippen molar-refractivity contribution in [3.05, 3.63) is 70.7 Å². The summed E-state index contributed by atoms with van der Waals surface area (Å²) in [5.74, 6) is -0.344. The first-order valence-electron chi connectivity index (χ1n) is 10.3. The molecule has 0 spiro atoms. The van der Waals surface area contributed by atoms with Crippen LogP contribution >= 0.6 is 11.6 Å². The van der Waals surface area contributed by atoms with Crippen LogP contribution in [0.25, 0.3) is 0 Å². The number of carbonyl (C=O) groups is 2. The van der Waals surface area contributed by atoms with Gasteiger partial charge in [-0.3, -0.25) is 9.59 Å². The molecule has 2 aromatic rings. The molecule has 0 saturated carbocycles. The fourth-order valence-corrected chi connectivity index (χ4v) is 4.47. The van der Waals surface area contributed by atoms with Crippen molar-refractivity contribution in [2.75, 3.05) is 0 Å². The van der Waals surface area contributed by atoms with Crippen molar-refractivity contribution in [1.29, 1.82) is 0 Å². The molecule has 6 heteroatoms. The number of hydrogen-bond donors (Lipinski definition) is 1. The molecule has 1 fully saturated rings. The van der Waals surface area contributed by atoms with Gasteiger partial charge in [0.05, 0.1) is 17.6 Å². The number of nitrogens with zero attached hydrogens (tertiary/aromatic N) is 2. The average Bonchev–Trinajstić information content (AvgIpc) is 2.80. The van der Waals surface area contributed by atoms with E-state index < -0.39 is 11.6 Å². The average molecular weight is 428 g/mol. The number of nitrogens with two attached hydrogens (primary N) is 1. The molecule has 1 aliphatic heterocycles. The van der Waals surface area contributed by atoms with E-state index in [9.17, 15) is 9.59 Å². The highest BCUT2D eigenvalue weighted by atomic mass is 35.5. The summed E-state index contributed by atoms with van der Waals surface area (Å²) in [6.07, 6.45) is 1.18. The minimum absolute atomic E-state index is 0.0876. The van der Waals surface area contributed by atoms with Crippen molar-refractivity contribution in [1.82, 2.24) is 10.0 Å². The third-order valence-electron chi connectivity index (χ3n) is 5.56. The quantitative estimate of drug-likeness (QED) is 0.773. The Morgan fingerprint density at radius 3 is 2.17 bits per heavy atom. The summed E-state index contributed by atoms with van der Waals surface area (Å²) in [5, 5.41) is 3.78. The topological polar surface area (TPSA) is 66.6 Å². The standard InChI is InChI=1S/C24H30ClN3O2/c1-16(29)28(24(2,3)4)27-22(18-10-12-20(25)13-11-18)15-19(14-21(26)23(27)30)17-8-6-5-7-9-17/h5-13,19,21-22H,14-15,26H2,1-4H3/t19-,21+,22?/m0/s1. The van der Waals surface area contributed by atoms with Crippen molar-refractivity contribution in [2.45, 2.75) is 64.1 Å². The molecular weight excluding hydrogens is 398 g/mol. The van der Waals surface area contributed by atoms with Gasteiger partial charge in [0.1, 0.15) is 0 Å². The van der Waals surface area contributed by atoms with Gasteiger partial charge in [-0.2, -0.15) is 0 Å². The first kappa shape index (κ1) is 22.3. The first-order chi connectivity index (χ1) is 14.1. The molecule has 3 atom stereocenters. The van der Waals surface area contributed by atoms with Gasteiger partial charge in [0.2, 0.25) is 5.91 Å². The Kier molecular flexibility index (Phi) is 6.53. The molecule has 2 amide bonds. The number of rotatable bonds is 3. The zero-order valence-corrected chi connectivity index (χ0v) is 18.8. The molecular formula is C24H30ClN3O2. The largest absolute Gasteiger partial charge is 0.320 e. The first-order valence-corrected chi connectivity index (χ1v) is 10.7. The smallest absolute Gasteiger partial charge is 0.258 e. The second-order valence-electron chi connectivity index (χ2n) is 8.94. The van der Waals surface area contributed by atoms with Gasteiger partial charge in [-0.1, -0.05) is 54.1 Å². The molecule has 2 aromatic carbocycles. The van der Waals surface area contributed by atoms with E-state index in [0.717, 1.165) is 11.1 Å². The Bertz CT molecular complexity index is 893. The van der Waals surface area contributed by atoms with Crippen molar-refractivity contribution in [3.8, 4) is 0 Å². The number of hydrogen-bond acceptors (Lipinski definition) is 3. The molecule has 1 heterocycles. The normalized spacial score (nSPS) is 22.5. The van der Waals surface area contributed by atoms with Crippen molar-refractivity contribution < 1.29 is 9.59 Å². The summed E-state index contributed by atoms with van der Waals surface area (Å²) in [4.78, 5) is 26.3. The van der Waals surface area contributed by atoms with Crippen LogP contribution in [0.15, 0.2) is 54.6 Å². The third-order valence-corrected chi connectivity index (χ3v) is 5.81. The van der Waals surface area contributed by atoms with E-state index in [0.29, 0.717) is 17.9 Å². The lowest BCUT2D eigenvalue weighted by atomic mass is 9.86. The zero-order valence-electron chi connectivity index (χ0n) is 18.0. The number of amides is 2. The Morgan fingerprint density at radius 1 is 1.03 bits per heavy atom. The summed E-state index contributed by atoms with van der Waals surface area (Å²) < 4.78 is 0. The van der Waals surface area contributed by atoms with Gasteiger partial charge in [-0.05, 0) is 62.8 Å². The number of benzene rings is 2. The summed E-state index contributed by atoms with van der Waals surface area (Å²) >= 11 is 6.12. The highest BCUT2D eigenvalue weighted by Gasteiger charge is 2.43. The van der Waals surface area contributed by atoms with Crippen LogP contribution in [0.1, 0.15) is 63.6 Å². The SMILES string of the molecule is CC(=O)N(N1C(=O)[C@H](N)C[C@H](c2ccccc2)CC1c1ccc(Cl)cc1)C(C)(C)C. The van der Waals surface area contributed by atoms with Crippen molar-refractivity contribution in [3.63, 3.8) is 0 Å². The zero-order chi connectivity index (χ0) is 22.1. The van der Waals surface area contributed by atoms with Crippen LogP contribution in [0.2, 0.25) is 5.02 Å². The Labute approximate surface area is 183 Å². The van der Waals surface area contributed by atoms with E-state index in [1.54, 1.807) is 10.0 Å². The summed E-state index contributed by atoms with van der Waals surface area (Å²) in [5.41, 5.74) is 7.88.